The molecule has 0 unspecified atom stereocenters. The first-order chi connectivity index (χ1) is 13.2. The lowest BCUT2D eigenvalue weighted by atomic mass is 10.1. The molecule has 0 spiro atoms. The molecule has 0 aromatic heterocycles. The van der Waals surface area contributed by atoms with Gasteiger partial charge in [-0.15, -0.1) is 0 Å². The van der Waals surface area contributed by atoms with Crippen LogP contribution in [0, 0.1) is 17.7 Å². The van der Waals surface area contributed by atoms with Crippen LogP contribution >= 0.6 is 0 Å². The minimum absolute atomic E-state index is 0.0460. The summed E-state index contributed by atoms with van der Waals surface area (Å²) in [6.07, 6.45) is 0. The van der Waals surface area contributed by atoms with Gasteiger partial charge >= 0.3 is 0 Å². The minimum atomic E-state index is -0.432. The zero-order valence-electron chi connectivity index (χ0n) is 14.6. The maximum Gasteiger partial charge on any atom is 0.258 e. The third kappa shape index (κ3) is 5.48. The van der Waals surface area contributed by atoms with E-state index in [1.54, 1.807) is 12.1 Å². The fraction of sp³-hybridized carbons (Fsp3) is 0.136. The van der Waals surface area contributed by atoms with Gasteiger partial charge in [-0.1, -0.05) is 54.3 Å². The lowest BCUT2D eigenvalue weighted by Gasteiger charge is -2.07. The van der Waals surface area contributed by atoms with Gasteiger partial charge in [0, 0.05) is 0 Å². The number of amides is 1. The number of nitrogens with one attached hydrogen (secondary N) is 1. The number of benzene rings is 3. The van der Waals surface area contributed by atoms with Crippen LogP contribution in [0.15, 0.2) is 66.7 Å². The molecular weight excluding hydrogens is 345 g/mol. The van der Waals surface area contributed by atoms with Crippen LogP contribution in [0.25, 0.3) is 10.8 Å². The van der Waals surface area contributed by atoms with Crippen molar-refractivity contribution in [3.63, 3.8) is 0 Å². The van der Waals surface area contributed by atoms with E-state index >= 15 is 0 Å². The molecule has 0 bridgehead atoms. The average molecular weight is 363 g/mol. The Bertz CT molecular complexity index is 991. The monoisotopic (exact) mass is 363 g/mol. The topological polar surface area (TPSA) is 47.6 Å². The summed E-state index contributed by atoms with van der Waals surface area (Å²) in [5, 5.41) is 4.80. The Hall–Kier alpha value is -3.52. The second kappa shape index (κ2) is 9.25. The molecular formula is C22H18FNO3. The highest BCUT2D eigenvalue weighted by Gasteiger charge is 2.02. The number of hydrogen-bond donors (Lipinski definition) is 1. The van der Waals surface area contributed by atoms with E-state index in [2.05, 4.69) is 17.2 Å². The van der Waals surface area contributed by atoms with Crippen LogP contribution in [0.3, 0.4) is 0 Å². The van der Waals surface area contributed by atoms with Gasteiger partial charge in [0.15, 0.2) is 18.2 Å². The van der Waals surface area contributed by atoms with E-state index in [-0.39, 0.29) is 31.4 Å². The van der Waals surface area contributed by atoms with Gasteiger partial charge in [-0.2, -0.15) is 0 Å². The zero-order valence-corrected chi connectivity index (χ0v) is 14.6. The summed E-state index contributed by atoms with van der Waals surface area (Å²) in [7, 11) is 0. The van der Waals surface area contributed by atoms with E-state index in [4.69, 9.17) is 9.47 Å². The molecule has 0 aliphatic heterocycles. The SMILES string of the molecule is O=C(COc1ccc2ccccc2c1)NCC#CCOc1ccccc1F. The van der Waals surface area contributed by atoms with Gasteiger partial charge in [-0.25, -0.2) is 4.39 Å². The van der Waals surface area contributed by atoms with E-state index in [1.165, 1.54) is 12.1 Å². The number of para-hydroxylation sites is 1. The first kappa shape index (κ1) is 18.3. The van der Waals surface area contributed by atoms with Gasteiger partial charge in [-0.3, -0.25) is 4.79 Å². The van der Waals surface area contributed by atoms with Crippen molar-refractivity contribution in [3.05, 3.63) is 72.5 Å². The molecule has 0 radical (unpaired) electrons. The van der Waals surface area contributed by atoms with Crippen LogP contribution < -0.4 is 14.8 Å². The molecule has 3 aromatic carbocycles. The predicted octanol–water partition coefficient (Wildman–Crippen LogP) is 3.56. The van der Waals surface area contributed by atoms with Crippen LogP contribution in [0.2, 0.25) is 0 Å². The number of ether oxygens (including phenoxy) is 2. The second-order valence-electron chi connectivity index (χ2n) is 5.65. The Labute approximate surface area is 156 Å². The van der Waals surface area contributed by atoms with E-state index in [9.17, 15) is 9.18 Å². The number of fused-ring (bicyclic) bond motifs is 1. The van der Waals surface area contributed by atoms with Crippen molar-refractivity contribution in [3.8, 4) is 23.3 Å². The third-order valence-corrected chi connectivity index (χ3v) is 3.73. The molecule has 5 heteroatoms. The van der Waals surface area contributed by atoms with Crippen molar-refractivity contribution in [2.75, 3.05) is 19.8 Å². The molecule has 3 rings (SSSR count). The molecule has 3 aromatic rings. The van der Waals surface area contributed by atoms with E-state index in [0.29, 0.717) is 5.75 Å². The van der Waals surface area contributed by atoms with Gasteiger partial charge < -0.3 is 14.8 Å². The van der Waals surface area contributed by atoms with Crippen LogP contribution in [0.1, 0.15) is 0 Å². The summed E-state index contributed by atoms with van der Waals surface area (Å²) in [5.74, 6) is 5.54. The van der Waals surface area contributed by atoms with Gasteiger partial charge in [-0.05, 0) is 35.0 Å². The molecule has 1 amide bonds. The maximum atomic E-state index is 13.3. The summed E-state index contributed by atoms with van der Waals surface area (Å²) in [6, 6.07) is 19.7. The first-order valence-corrected chi connectivity index (χ1v) is 8.44. The second-order valence-corrected chi connectivity index (χ2v) is 5.65. The van der Waals surface area contributed by atoms with E-state index < -0.39 is 5.82 Å². The summed E-state index contributed by atoms with van der Waals surface area (Å²) in [5.41, 5.74) is 0. The van der Waals surface area contributed by atoms with Crippen molar-refractivity contribution in [2.45, 2.75) is 0 Å². The van der Waals surface area contributed by atoms with Gasteiger partial charge in [0.25, 0.3) is 5.91 Å². The quantitative estimate of drug-likeness (QED) is 0.682. The third-order valence-electron chi connectivity index (χ3n) is 3.73. The van der Waals surface area contributed by atoms with Crippen LogP contribution in [0.5, 0.6) is 11.5 Å². The molecule has 0 aliphatic rings. The predicted molar refractivity (Wildman–Crippen MR) is 102 cm³/mol. The summed E-state index contributed by atoms with van der Waals surface area (Å²) < 4.78 is 24.0. The zero-order chi connectivity index (χ0) is 18.9. The lowest BCUT2D eigenvalue weighted by molar-refractivity contribution is -0.122. The highest BCUT2D eigenvalue weighted by molar-refractivity contribution is 5.84. The van der Waals surface area contributed by atoms with Gasteiger partial charge in [0.2, 0.25) is 0 Å². The largest absolute Gasteiger partial charge is 0.484 e. The molecule has 136 valence electrons. The lowest BCUT2D eigenvalue weighted by Crippen LogP contribution is -2.29. The number of rotatable bonds is 6. The van der Waals surface area contributed by atoms with E-state index in [0.717, 1.165) is 10.8 Å². The smallest absolute Gasteiger partial charge is 0.258 e. The number of carbonyl (C=O) groups excluding carboxylic acids is 1. The maximum absolute atomic E-state index is 13.3. The van der Waals surface area contributed by atoms with Crippen molar-refractivity contribution in [2.24, 2.45) is 0 Å². The Morgan fingerprint density at radius 1 is 0.926 bits per heavy atom. The highest BCUT2D eigenvalue weighted by atomic mass is 19.1. The number of carbonyl (C=O) groups is 1. The molecule has 0 heterocycles. The Balaban J connectivity index is 1.38. The Morgan fingerprint density at radius 2 is 1.70 bits per heavy atom. The van der Waals surface area contributed by atoms with Crippen LogP contribution in [-0.2, 0) is 4.79 Å². The average Bonchev–Trinajstić information content (AvgIpc) is 2.70. The van der Waals surface area contributed by atoms with Crippen molar-refractivity contribution in [1.82, 2.24) is 5.32 Å². The summed E-state index contributed by atoms with van der Waals surface area (Å²) in [4.78, 5) is 11.8. The fourth-order valence-electron chi connectivity index (χ4n) is 2.39. The summed E-state index contributed by atoms with van der Waals surface area (Å²) >= 11 is 0. The van der Waals surface area contributed by atoms with Crippen LogP contribution in [-0.4, -0.2) is 25.7 Å². The molecule has 0 fully saturated rings. The summed E-state index contributed by atoms with van der Waals surface area (Å²) in [6.45, 7) is 0.122. The van der Waals surface area contributed by atoms with Gasteiger partial charge in [0.05, 0.1) is 6.54 Å². The highest BCUT2D eigenvalue weighted by Crippen LogP contribution is 2.20. The van der Waals surface area contributed by atoms with Gasteiger partial charge in [0.1, 0.15) is 12.4 Å². The number of halogens is 1. The molecule has 0 atom stereocenters. The molecule has 4 nitrogen and oxygen atoms in total. The Morgan fingerprint density at radius 3 is 2.56 bits per heavy atom. The van der Waals surface area contributed by atoms with Crippen LogP contribution in [0.4, 0.5) is 4.39 Å². The molecule has 1 N–H and O–H groups in total. The standard InChI is InChI=1S/C22H18FNO3/c23-20-9-3-4-10-21(20)26-14-6-5-13-24-22(25)16-27-19-12-11-17-7-1-2-8-18(17)15-19/h1-4,7-12,15H,13-14,16H2,(H,24,25). The number of hydrogen-bond acceptors (Lipinski definition) is 3. The van der Waals surface area contributed by atoms with Crippen molar-refractivity contribution >= 4 is 16.7 Å². The molecule has 0 aliphatic carbocycles. The molecule has 0 saturated carbocycles. The van der Waals surface area contributed by atoms with E-state index in [1.807, 2.05) is 42.5 Å². The minimum Gasteiger partial charge on any atom is -0.484 e. The first-order valence-electron chi connectivity index (χ1n) is 8.44. The normalized spacial score (nSPS) is 9.96. The fourth-order valence-corrected chi connectivity index (χ4v) is 2.39. The molecule has 27 heavy (non-hydrogen) atoms. The van der Waals surface area contributed by atoms with Crippen molar-refractivity contribution < 1.29 is 18.7 Å². The molecule has 0 saturated heterocycles. The Kier molecular flexibility index (Phi) is 6.26. The van der Waals surface area contributed by atoms with Crippen molar-refractivity contribution in [1.29, 1.82) is 0 Å².